The molecule has 1 aromatic rings. The van der Waals surface area contributed by atoms with E-state index in [1.807, 2.05) is 24.3 Å². The molecule has 0 spiro atoms. The first-order valence-electron chi connectivity index (χ1n) is 7.08. The fraction of sp³-hybridized carbons (Fsp3) is 0.625. The molecular formula is C16H22O2. The van der Waals surface area contributed by atoms with Crippen molar-refractivity contribution in [1.29, 1.82) is 0 Å². The van der Waals surface area contributed by atoms with Crippen molar-refractivity contribution in [3.8, 4) is 5.75 Å². The second-order valence-electron chi connectivity index (χ2n) is 5.96. The maximum atomic E-state index is 10.4. The van der Waals surface area contributed by atoms with E-state index >= 15 is 0 Å². The molecule has 0 heterocycles. The molecule has 0 saturated heterocycles. The molecule has 1 N–H and O–H groups in total. The van der Waals surface area contributed by atoms with Crippen LogP contribution in [0.4, 0.5) is 0 Å². The minimum atomic E-state index is -0.329. The number of rotatable bonds is 4. The van der Waals surface area contributed by atoms with Gasteiger partial charge in [0.1, 0.15) is 5.75 Å². The fourth-order valence-corrected chi connectivity index (χ4v) is 3.94. The maximum Gasteiger partial charge on any atom is 0.119 e. The SMILES string of the molecule is COc1cccc(C(O)CC2CC3CCC2C3)c1. The van der Waals surface area contributed by atoms with Crippen LogP contribution in [0.15, 0.2) is 24.3 Å². The molecule has 4 atom stereocenters. The van der Waals surface area contributed by atoms with Crippen molar-refractivity contribution in [2.75, 3.05) is 7.11 Å². The molecule has 0 amide bonds. The molecule has 1 aromatic carbocycles. The number of aliphatic hydroxyl groups is 1. The van der Waals surface area contributed by atoms with Crippen molar-refractivity contribution in [2.45, 2.75) is 38.2 Å². The van der Waals surface area contributed by atoms with Crippen LogP contribution in [0.5, 0.6) is 5.75 Å². The molecule has 0 aliphatic heterocycles. The first kappa shape index (κ1) is 12.0. The minimum Gasteiger partial charge on any atom is -0.497 e. The number of methoxy groups -OCH3 is 1. The van der Waals surface area contributed by atoms with Crippen LogP contribution in [0, 0.1) is 17.8 Å². The lowest BCUT2D eigenvalue weighted by Gasteiger charge is -2.24. The normalized spacial score (nSPS) is 31.6. The average molecular weight is 246 g/mol. The topological polar surface area (TPSA) is 29.5 Å². The highest BCUT2D eigenvalue weighted by Crippen LogP contribution is 2.50. The van der Waals surface area contributed by atoms with Crippen molar-refractivity contribution in [3.05, 3.63) is 29.8 Å². The van der Waals surface area contributed by atoms with Gasteiger partial charge in [-0.15, -0.1) is 0 Å². The van der Waals surface area contributed by atoms with Crippen LogP contribution in [0.25, 0.3) is 0 Å². The summed E-state index contributed by atoms with van der Waals surface area (Å²) in [4.78, 5) is 0. The standard InChI is InChI=1S/C16H22O2/c1-18-15-4-2-3-13(9-15)16(17)10-14-8-11-5-6-12(14)7-11/h2-4,9,11-12,14,16-17H,5-8,10H2,1H3. The van der Waals surface area contributed by atoms with Crippen LogP contribution in [0.3, 0.4) is 0 Å². The fourth-order valence-electron chi connectivity index (χ4n) is 3.94. The van der Waals surface area contributed by atoms with Gasteiger partial charge in [0.2, 0.25) is 0 Å². The first-order chi connectivity index (χ1) is 8.76. The van der Waals surface area contributed by atoms with Crippen molar-refractivity contribution < 1.29 is 9.84 Å². The Morgan fingerprint density at radius 1 is 1.33 bits per heavy atom. The van der Waals surface area contributed by atoms with Crippen LogP contribution in [0.2, 0.25) is 0 Å². The third-order valence-electron chi connectivity index (χ3n) is 4.89. The van der Waals surface area contributed by atoms with Gasteiger partial charge in [-0.25, -0.2) is 0 Å². The molecular weight excluding hydrogens is 224 g/mol. The number of hydrogen-bond acceptors (Lipinski definition) is 2. The number of fused-ring (bicyclic) bond motifs is 2. The molecule has 0 radical (unpaired) electrons. The van der Waals surface area contributed by atoms with E-state index in [0.29, 0.717) is 0 Å². The molecule has 18 heavy (non-hydrogen) atoms. The molecule has 0 aromatic heterocycles. The summed E-state index contributed by atoms with van der Waals surface area (Å²) in [6.07, 6.45) is 6.16. The second-order valence-corrected chi connectivity index (χ2v) is 5.96. The van der Waals surface area contributed by atoms with Crippen molar-refractivity contribution in [2.24, 2.45) is 17.8 Å². The third-order valence-corrected chi connectivity index (χ3v) is 4.89. The van der Waals surface area contributed by atoms with Gasteiger partial charge in [0.25, 0.3) is 0 Å². The Morgan fingerprint density at radius 2 is 2.22 bits per heavy atom. The number of benzene rings is 1. The molecule has 2 aliphatic rings. The number of aliphatic hydroxyl groups excluding tert-OH is 1. The van der Waals surface area contributed by atoms with E-state index in [9.17, 15) is 5.11 Å². The summed E-state index contributed by atoms with van der Waals surface area (Å²) >= 11 is 0. The van der Waals surface area contributed by atoms with Crippen molar-refractivity contribution in [1.82, 2.24) is 0 Å². The van der Waals surface area contributed by atoms with E-state index in [-0.39, 0.29) is 6.10 Å². The summed E-state index contributed by atoms with van der Waals surface area (Å²) in [6, 6.07) is 7.84. The van der Waals surface area contributed by atoms with Crippen LogP contribution >= 0.6 is 0 Å². The van der Waals surface area contributed by atoms with E-state index in [1.54, 1.807) is 7.11 Å². The number of hydrogen-bond donors (Lipinski definition) is 1. The zero-order valence-electron chi connectivity index (χ0n) is 11.0. The van der Waals surface area contributed by atoms with E-state index in [4.69, 9.17) is 4.74 Å². The Bertz CT molecular complexity index is 415. The molecule has 2 saturated carbocycles. The van der Waals surface area contributed by atoms with Gasteiger partial charge in [0.05, 0.1) is 13.2 Å². The molecule has 2 bridgehead atoms. The van der Waals surface area contributed by atoms with Gasteiger partial charge in [-0.05, 0) is 61.1 Å². The Kier molecular flexibility index (Phi) is 3.29. The molecule has 3 rings (SSSR count). The highest BCUT2D eigenvalue weighted by molar-refractivity contribution is 5.29. The Labute approximate surface area is 109 Å². The predicted molar refractivity (Wildman–Crippen MR) is 71.5 cm³/mol. The Balaban J connectivity index is 1.65. The monoisotopic (exact) mass is 246 g/mol. The van der Waals surface area contributed by atoms with E-state index in [0.717, 1.165) is 35.5 Å². The minimum absolute atomic E-state index is 0.329. The van der Waals surface area contributed by atoms with Gasteiger partial charge in [0, 0.05) is 0 Å². The van der Waals surface area contributed by atoms with Crippen molar-refractivity contribution >= 4 is 0 Å². The zero-order valence-corrected chi connectivity index (χ0v) is 11.0. The van der Waals surface area contributed by atoms with Crippen LogP contribution < -0.4 is 4.74 Å². The third kappa shape index (κ3) is 2.26. The maximum absolute atomic E-state index is 10.4. The summed E-state index contributed by atoms with van der Waals surface area (Å²) < 4.78 is 5.21. The van der Waals surface area contributed by atoms with Crippen molar-refractivity contribution in [3.63, 3.8) is 0 Å². The molecule has 4 unspecified atom stereocenters. The second kappa shape index (κ2) is 4.93. The van der Waals surface area contributed by atoms with Gasteiger partial charge in [-0.1, -0.05) is 18.6 Å². The van der Waals surface area contributed by atoms with Gasteiger partial charge in [0.15, 0.2) is 0 Å². The zero-order chi connectivity index (χ0) is 12.5. The first-order valence-corrected chi connectivity index (χ1v) is 7.08. The van der Waals surface area contributed by atoms with E-state index < -0.39 is 0 Å². The molecule has 2 fully saturated rings. The van der Waals surface area contributed by atoms with Crippen LogP contribution in [0.1, 0.15) is 43.8 Å². The van der Waals surface area contributed by atoms with Gasteiger partial charge in [-0.2, -0.15) is 0 Å². The van der Waals surface area contributed by atoms with Gasteiger partial charge < -0.3 is 9.84 Å². The summed E-state index contributed by atoms with van der Waals surface area (Å²) in [5, 5.41) is 10.4. The van der Waals surface area contributed by atoms with E-state index in [2.05, 4.69) is 0 Å². The largest absolute Gasteiger partial charge is 0.497 e. The summed E-state index contributed by atoms with van der Waals surface area (Å²) in [5.41, 5.74) is 0.997. The van der Waals surface area contributed by atoms with E-state index in [1.165, 1.54) is 25.7 Å². The smallest absolute Gasteiger partial charge is 0.119 e. The lowest BCUT2D eigenvalue weighted by Crippen LogP contribution is -2.14. The molecule has 2 heteroatoms. The lowest BCUT2D eigenvalue weighted by atomic mass is 9.83. The number of ether oxygens (including phenoxy) is 1. The molecule has 98 valence electrons. The molecule has 2 aliphatic carbocycles. The predicted octanol–water partition coefficient (Wildman–Crippen LogP) is 3.55. The lowest BCUT2D eigenvalue weighted by molar-refractivity contribution is 0.125. The summed E-state index contributed by atoms with van der Waals surface area (Å²) in [5.74, 6) is 3.41. The highest BCUT2D eigenvalue weighted by Gasteiger charge is 2.40. The van der Waals surface area contributed by atoms with Gasteiger partial charge in [-0.3, -0.25) is 0 Å². The Morgan fingerprint density at radius 3 is 2.89 bits per heavy atom. The van der Waals surface area contributed by atoms with Crippen LogP contribution in [-0.2, 0) is 0 Å². The summed E-state index contributed by atoms with van der Waals surface area (Å²) in [6.45, 7) is 0. The Hall–Kier alpha value is -1.02. The average Bonchev–Trinajstić information content (AvgIpc) is 3.01. The highest BCUT2D eigenvalue weighted by atomic mass is 16.5. The summed E-state index contributed by atoms with van der Waals surface area (Å²) in [7, 11) is 1.67. The van der Waals surface area contributed by atoms with Crippen LogP contribution in [-0.4, -0.2) is 12.2 Å². The quantitative estimate of drug-likeness (QED) is 0.880. The molecule has 2 nitrogen and oxygen atoms in total. The van der Waals surface area contributed by atoms with Gasteiger partial charge >= 0.3 is 0 Å².